The van der Waals surface area contributed by atoms with Gasteiger partial charge in [-0.05, 0) is 68.4 Å². The molecule has 0 aliphatic heterocycles. The molecule has 3 aromatic rings. The SMILES string of the molecule is CC(C)N(c1ccccc1)c1ccc(NC(=O)COc2cccc(Br)c2)cc1. The van der Waals surface area contributed by atoms with E-state index < -0.39 is 0 Å². The topological polar surface area (TPSA) is 41.6 Å². The smallest absolute Gasteiger partial charge is 0.262 e. The highest BCUT2D eigenvalue weighted by Gasteiger charge is 2.13. The third-order valence-electron chi connectivity index (χ3n) is 4.15. The first-order chi connectivity index (χ1) is 13.5. The van der Waals surface area contributed by atoms with E-state index in [-0.39, 0.29) is 12.5 Å². The molecule has 3 aromatic carbocycles. The summed E-state index contributed by atoms with van der Waals surface area (Å²) in [6.07, 6.45) is 0. The fourth-order valence-electron chi connectivity index (χ4n) is 2.94. The Morgan fingerprint density at radius 1 is 0.964 bits per heavy atom. The molecule has 0 heterocycles. The van der Waals surface area contributed by atoms with Gasteiger partial charge in [0.25, 0.3) is 5.91 Å². The lowest BCUT2D eigenvalue weighted by molar-refractivity contribution is -0.118. The molecule has 0 fully saturated rings. The molecule has 0 atom stereocenters. The molecule has 0 aliphatic carbocycles. The first-order valence-corrected chi connectivity index (χ1v) is 9.95. The van der Waals surface area contributed by atoms with E-state index in [4.69, 9.17) is 4.74 Å². The molecule has 0 saturated heterocycles. The van der Waals surface area contributed by atoms with Crippen molar-refractivity contribution in [1.82, 2.24) is 0 Å². The Morgan fingerprint density at radius 2 is 1.64 bits per heavy atom. The van der Waals surface area contributed by atoms with Crippen molar-refractivity contribution in [3.63, 3.8) is 0 Å². The first kappa shape index (κ1) is 20.0. The molecule has 0 saturated carbocycles. The quantitative estimate of drug-likeness (QED) is 0.490. The number of para-hydroxylation sites is 1. The summed E-state index contributed by atoms with van der Waals surface area (Å²) < 4.78 is 6.43. The number of carbonyl (C=O) groups excluding carboxylic acids is 1. The van der Waals surface area contributed by atoms with Crippen molar-refractivity contribution in [2.24, 2.45) is 0 Å². The summed E-state index contributed by atoms with van der Waals surface area (Å²) in [5.41, 5.74) is 2.95. The highest BCUT2D eigenvalue weighted by molar-refractivity contribution is 9.10. The van der Waals surface area contributed by atoms with Crippen molar-refractivity contribution in [3.8, 4) is 5.75 Å². The van der Waals surface area contributed by atoms with Gasteiger partial charge in [0.15, 0.2) is 6.61 Å². The number of benzene rings is 3. The monoisotopic (exact) mass is 438 g/mol. The van der Waals surface area contributed by atoms with Crippen LogP contribution in [0.2, 0.25) is 0 Å². The second kappa shape index (κ2) is 9.42. The normalized spacial score (nSPS) is 10.6. The Balaban J connectivity index is 1.62. The van der Waals surface area contributed by atoms with Crippen LogP contribution in [0.3, 0.4) is 0 Å². The summed E-state index contributed by atoms with van der Waals surface area (Å²) in [4.78, 5) is 14.4. The molecule has 3 rings (SSSR count). The van der Waals surface area contributed by atoms with Gasteiger partial charge < -0.3 is 15.0 Å². The number of hydrogen-bond acceptors (Lipinski definition) is 3. The summed E-state index contributed by atoms with van der Waals surface area (Å²) in [7, 11) is 0. The van der Waals surface area contributed by atoms with E-state index in [0.29, 0.717) is 11.8 Å². The molecule has 0 radical (unpaired) electrons. The zero-order valence-corrected chi connectivity index (χ0v) is 17.5. The van der Waals surface area contributed by atoms with E-state index in [2.05, 4.69) is 52.1 Å². The molecular formula is C23H23BrN2O2. The van der Waals surface area contributed by atoms with Gasteiger partial charge in [0.05, 0.1) is 0 Å². The number of nitrogens with one attached hydrogen (secondary N) is 1. The minimum Gasteiger partial charge on any atom is -0.484 e. The van der Waals surface area contributed by atoms with E-state index >= 15 is 0 Å². The highest BCUT2D eigenvalue weighted by atomic mass is 79.9. The van der Waals surface area contributed by atoms with Crippen LogP contribution >= 0.6 is 15.9 Å². The average Bonchev–Trinajstić information content (AvgIpc) is 2.69. The molecule has 4 nitrogen and oxygen atoms in total. The summed E-state index contributed by atoms with van der Waals surface area (Å²) in [5, 5.41) is 2.87. The van der Waals surface area contributed by atoms with Gasteiger partial charge in [-0.2, -0.15) is 0 Å². The number of amides is 1. The van der Waals surface area contributed by atoms with Crippen molar-refractivity contribution in [2.75, 3.05) is 16.8 Å². The number of halogens is 1. The molecule has 0 unspecified atom stereocenters. The molecule has 28 heavy (non-hydrogen) atoms. The van der Waals surface area contributed by atoms with Gasteiger partial charge in [0, 0.05) is 27.6 Å². The third-order valence-corrected chi connectivity index (χ3v) is 4.64. The van der Waals surface area contributed by atoms with Crippen LogP contribution in [-0.4, -0.2) is 18.6 Å². The maximum absolute atomic E-state index is 12.2. The van der Waals surface area contributed by atoms with Crippen molar-refractivity contribution in [1.29, 1.82) is 0 Å². The minimum absolute atomic E-state index is 0.0413. The summed E-state index contributed by atoms with van der Waals surface area (Å²) >= 11 is 3.38. The van der Waals surface area contributed by atoms with Crippen LogP contribution < -0.4 is 15.0 Å². The Hall–Kier alpha value is -2.79. The van der Waals surface area contributed by atoms with Gasteiger partial charge in [0.2, 0.25) is 0 Å². The second-order valence-electron chi connectivity index (χ2n) is 6.64. The number of ether oxygens (including phenoxy) is 1. The predicted molar refractivity (Wildman–Crippen MR) is 118 cm³/mol. The molecule has 0 bridgehead atoms. The summed E-state index contributed by atoms with van der Waals surface area (Å²) in [6.45, 7) is 4.27. The van der Waals surface area contributed by atoms with Gasteiger partial charge in [-0.15, -0.1) is 0 Å². The molecule has 144 valence electrons. The molecule has 0 aromatic heterocycles. The summed E-state index contributed by atoms with van der Waals surface area (Å²) in [5.74, 6) is 0.451. The van der Waals surface area contributed by atoms with Gasteiger partial charge in [-0.25, -0.2) is 0 Å². The number of anilines is 3. The molecule has 1 amide bonds. The fourth-order valence-corrected chi connectivity index (χ4v) is 3.32. The summed E-state index contributed by atoms with van der Waals surface area (Å²) in [6, 6.07) is 25.8. The number of hydrogen-bond donors (Lipinski definition) is 1. The zero-order chi connectivity index (χ0) is 19.9. The minimum atomic E-state index is -0.198. The van der Waals surface area contributed by atoms with Crippen molar-refractivity contribution < 1.29 is 9.53 Å². The number of carbonyl (C=O) groups is 1. The highest BCUT2D eigenvalue weighted by Crippen LogP contribution is 2.28. The first-order valence-electron chi connectivity index (χ1n) is 9.15. The second-order valence-corrected chi connectivity index (χ2v) is 7.56. The van der Waals surface area contributed by atoms with E-state index in [0.717, 1.165) is 21.5 Å². The van der Waals surface area contributed by atoms with Crippen LogP contribution in [-0.2, 0) is 4.79 Å². The van der Waals surface area contributed by atoms with Crippen molar-refractivity contribution >= 4 is 38.9 Å². The standard InChI is InChI=1S/C23H23BrN2O2/c1-17(2)26(20-8-4-3-5-9-20)21-13-11-19(12-14-21)25-23(27)16-28-22-10-6-7-18(24)15-22/h3-15,17H,16H2,1-2H3,(H,25,27). The van der Waals surface area contributed by atoms with Crippen LogP contribution in [0.15, 0.2) is 83.3 Å². The third kappa shape index (κ3) is 5.36. The van der Waals surface area contributed by atoms with Gasteiger partial charge in [-0.1, -0.05) is 40.2 Å². The Bertz CT molecular complexity index is 911. The Kier molecular flexibility index (Phi) is 6.71. The van der Waals surface area contributed by atoms with Crippen LogP contribution in [0.4, 0.5) is 17.1 Å². The van der Waals surface area contributed by atoms with Crippen LogP contribution in [0.1, 0.15) is 13.8 Å². The lowest BCUT2D eigenvalue weighted by Gasteiger charge is -2.29. The van der Waals surface area contributed by atoms with Crippen molar-refractivity contribution in [3.05, 3.63) is 83.3 Å². The predicted octanol–water partition coefficient (Wildman–Crippen LogP) is 6.01. The van der Waals surface area contributed by atoms with Crippen LogP contribution in [0, 0.1) is 0 Å². The fraction of sp³-hybridized carbons (Fsp3) is 0.174. The number of nitrogens with zero attached hydrogens (tertiary/aromatic N) is 1. The van der Waals surface area contributed by atoms with E-state index in [9.17, 15) is 4.79 Å². The largest absolute Gasteiger partial charge is 0.484 e. The molecule has 1 N–H and O–H groups in total. The van der Waals surface area contributed by atoms with Gasteiger partial charge in [0.1, 0.15) is 5.75 Å². The van der Waals surface area contributed by atoms with Gasteiger partial charge in [-0.3, -0.25) is 4.79 Å². The molecule has 0 aliphatic rings. The van der Waals surface area contributed by atoms with E-state index in [1.54, 1.807) is 0 Å². The maximum atomic E-state index is 12.2. The van der Waals surface area contributed by atoms with Gasteiger partial charge >= 0.3 is 0 Å². The maximum Gasteiger partial charge on any atom is 0.262 e. The van der Waals surface area contributed by atoms with E-state index in [1.807, 2.05) is 66.7 Å². The lowest BCUT2D eigenvalue weighted by Crippen LogP contribution is -2.25. The molecule has 5 heteroatoms. The average molecular weight is 439 g/mol. The Labute approximate surface area is 174 Å². The molecular weight excluding hydrogens is 416 g/mol. The Morgan fingerprint density at radius 3 is 2.29 bits per heavy atom. The lowest BCUT2D eigenvalue weighted by atomic mass is 10.2. The van der Waals surface area contributed by atoms with E-state index in [1.165, 1.54) is 0 Å². The molecule has 0 spiro atoms. The van der Waals surface area contributed by atoms with Crippen LogP contribution in [0.25, 0.3) is 0 Å². The van der Waals surface area contributed by atoms with Crippen LogP contribution in [0.5, 0.6) is 5.75 Å². The van der Waals surface area contributed by atoms with Crippen molar-refractivity contribution in [2.45, 2.75) is 19.9 Å². The zero-order valence-electron chi connectivity index (χ0n) is 15.9. The number of rotatable bonds is 7.